The lowest BCUT2D eigenvalue weighted by atomic mass is 9.72. The normalized spacial score (nSPS) is 23.5. The SMILES string of the molecule is CNC(=O)C(O)[C@H](CCC(C)(F)F)NC(=O)[C@@H]1CC2(CCCCC2)CN1C(=O)O. The Bertz CT molecular complexity index is 619. The lowest BCUT2D eigenvalue weighted by molar-refractivity contribution is -0.133. The summed E-state index contributed by atoms with van der Waals surface area (Å²) in [4.78, 5) is 37.5. The van der Waals surface area contributed by atoms with E-state index in [9.17, 15) is 33.4 Å². The summed E-state index contributed by atoms with van der Waals surface area (Å²) in [6, 6.07) is -2.21. The molecule has 0 radical (unpaired) electrons. The Morgan fingerprint density at radius 3 is 2.38 bits per heavy atom. The molecule has 4 N–H and O–H groups in total. The van der Waals surface area contributed by atoms with Gasteiger partial charge in [0.05, 0.1) is 6.04 Å². The highest BCUT2D eigenvalue weighted by atomic mass is 19.3. The van der Waals surface area contributed by atoms with Gasteiger partial charge in [0, 0.05) is 20.0 Å². The van der Waals surface area contributed by atoms with Crippen molar-refractivity contribution in [2.45, 2.75) is 82.4 Å². The third kappa shape index (κ3) is 6.01. The van der Waals surface area contributed by atoms with Gasteiger partial charge < -0.3 is 20.8 Å². The van der Waals surface area contributed by atoms with Crippen LogP contribution in [0.2, 0.25) is 0 Å². The van der Waals surface area contributed by atoms with Crippen LogP contribution in [-0.4, -0.2) is 70.7 Å². The second-order valence-electron chi connectivity index (χ2n) is 8.47. The quantitative estimate of drug-likeness (QED) is 0.501. The van der Waals surface area contributed by atoms with Gasteiger partial charge in [-0.25, -0.2) is 13.6 Å². The maximum absolute atomic E-state index is 13.3. The number of hydrogen-bond donors (Lipinski definition) is 4. The Kier molecular flexibility index (Phi) is 7.42. The monoisotopic (exact) mass is 419 g/mol. The molecule has 3 atom stereocenters. The number of carboxylic acid groups (broad SMARTS) is 1. The molecule has 2 aliphatic rings. The maximum Gasteiger partial charge on any atom is 0.407 e. The van der Waals surface area contributed by atoms with E-state index >= 15 is 0 Å². The Morgan fingerprint density at radius 2 is 1.86 bits per heavy atom. The number of likely N-dealkylation sites (N-methyl/N-ethyl adjacent to an activating group) is 1. The summed E-state index contributed by atoms with van der Waals surface area (Å²) in [5, 5.41) is 24.4. The fourth-order valence-corrected chi connectivity index (χ4v) is 4.48. The van der Waals surface area contributed by atoms with Crippen LogP contribution in [0.15, 0.2) is 0 Å². The summed E-state index contributed by atoms with van der Waals surface area (Å²) in [7, 11) is 1.29. The van der Waals surface area contributed by atoms with Gasteiger partial charge in [-0.15, -0.1) is 0 Å². The molecule has 166 valence electrons. The number of nitrogens with one attached hydrogen (secondary N) is 2. The second kappa shape index (κ2) is 9.23. The number of aliphatic hydroxyl groups is 1. The molecule has 1 aliphatic heterocycles. The van der Waals surface area contributed by atoms with E-state index in [1.807, 2.05) is 0 Å². The third-order valence-electron chi connectivity index (χ3n) is 6.09. The van der Waals surface area contributed by atoms with Crippen LogP contribution in [0, 0.1) is 5.41 Å². The number of carbonyl (C=O) groups excluding carboxylic acids is 2. The van der Waals surface area contributed by atoms with Gasteiger partial charge in [0.25, 0.3) is 5.91 Å². The standard InChI is InChI=1S/C19H31F2N3O5/c1-18(20,21)9-6-12(14(25)16(27)22-2)23-15(26)13-10-19(7-4-3-5-8-19)11-24(13)17(28)29/h12-14,25H,3-11H2,1-2H3,(H,22,27)(H,23,26)(H,28,29)/t12-,13-,14?/m0/s1. The predicted molar refractivity (Wildman–Crippen MR) is 101 cm³/mol. The minimum atomic E-state index is -3.03. The van der Waals surface area contributed by atoms with Crippen molar-refractivity contribution in [3.05, 3.63) is 0 Å². The van der Waals surface area contributed by atoms with Gasteiger partial charge in [0.2, 0.25) is 11.8 Å². The summed E-state index contributed by atoms with van der Waals surface area (Å²) in [6.45, 7) is 0.976. The summed E-state index contributed by atoms with van der Waals surface area (Å²) >= 11 is 0. The van der Waals surface area contributed by atoms with E-state index in [-0.39, 0.29) is 18.4 Å². The molecular weight excluding hydrogens is 388 g/mol. The van der Waals surface area contributed by atoms with Crippen molar-refractivity contribution >= 4 is 17.9 Å². The molecule has 0 aromatic rings. The summed E-state index contributed by atoms with van der Waals surface area (Å²) < 4.78 is 26.6. The molecule has 0 bridgehead atoms. The van der Waals surface area contributed by atoms with Crippen molar-refractivity contribution in [2.24, 2.45) is 5.41 Å². The first-order chi connectivity index (χ1) is 13.5. The van der Waals surface area contributed by atoms with E-state index in [0.29, 0.717) is 13.3 Å². The second-order valence-corrected chi connectivity index (χ2v) is 8.47. The van der Waals surface area contributed by atoms with E-state index in [2.05, 4.69) is 10.6 Å². The van der Waals surface area contributed by atoms with Crippen LogP contribution in [0.25, 0.3) is 0 Å². The molecule has 1 spiro atoms. The number of carbonyl (C=O) groups is 3. The van der Waals surface area contributed by atoms with Crippen LogP contribution in [-0.2, 0) is 9.59 Å². The molecule has 1 unspecified atom stereocenters. The third-order valence-corrected chi connectivity index (χ3v) is 6.09. The van der Waals surface area contributed by atoms with Crippen LogP contribution in [0.1, 0.15) is 58.3 Å². The number of alkyl halides is 2. The molecule has 8 nitrogen and oxygen atoms in total. The first-order valence-electron chi connectivity index (χ1n) is 10.1. The van der Waals surface area contributed by atoms with Crippen LogP contribution in [0.5, 0.6) is 0 Å². The fourth-order valence-electron chi connectivity index (χ4n) is 4.48. The smallest absolute Gasteiger partial charge is 0.407 e. The van der Waals surface area contributed by atoms with Gasteiger partial charge in [-0.1, -0.05) is 19.3 Å². The summed E-state index contributed by atoms with van der Waals surface area (Å²) in [5.74, 6) is -4.50. The Hall–Kier alpha value is -1.97. The fraction of sp³-hybridized carbons (Fsp3) is 0.842. The zero-order chi connectivity index (χ0) is 21.8. The van der Waals surface area contributed by atoms with Gasteiger partial charge in [-0.2, -0.15) is 0 Å². The number of hydrogen-bond acceptors (Lipinski definition) is 4. The minimum Gasteiger partial charge on any atom is -0.465 e. The average Bonchev–Trinajstić information content (AvgIpc) is 3.03. The van der Waals surface area contributed by atoms with Crippen molar-refractivity contribution in [3.8, 4) is 0 Å². The van der Waals surface area contributed by atoms with Gasteiger partial charge in [-0.05, 0) is 38.0 Å². The van der Waals surface area contributed by atoms with E-state index in [1.54, 1.807) is 0 Å². The van der Waals surface area contributed by atoms with Crippen molar-refractivity contribution in [3.63, 3.8) is 0 Å². The van der Waals surface area contributed by atoms with Crippen molar-refractivity contribution < 1.29 is 33.4 Å². The first-order valence-corrected chi connectivity index (χ1v) is 10.1. The van der Waals surface area contributed by atoms with Crippen molar-refractivity contribution in [1.29, 1.82) is 0 Å². The number of amides is 3. The van der Waals surface area contributed by atoms with E-state index < -0.39 is 48.4 Å². The number of likely N-dealkylation sites (tertiary alicyclic amines) is 1. The molecular formula is C19H31F2N3O5. The molecule has 1 saturated carbocycles. The first kappa shape index (κ1) is 23.3. The number of nitrogens with zero attached hydrogens (tertiary/aromatic N) is 1. The van der Waals surface area contributed by atoms with Gasteiger partial charge in [0.1, 0.15) is 6.04 Å². The van der Waals surface area contributed by atoms with Crippen LogP contribution < -0.4 is 10.6 Å². The zero-order valence-electron chi connectivity index (χ0n) is 16.9. The highest BCUT2D eigenvalue weighted by Crippen LogP contribution is 2.46. The van der Waals surface area contributed by atoms with E-state index in [1.165, 1.54) is 7.05 Å². The van der Waals surface area contributed by atoms with Crippen molar-refractivity contribution in [2.75, 3.05) is 13.6 Å². The summed E-state index contributed by atoms with van der Waals surface area (Å²) in [6.07, 6.45) is 1.19. The van der Waals surface area contributed by atoms with Gasteiger partial charge >= 0.3 is 6.09 Å². The van der Waals surface area contributed by atoms with Crippen LogP contribution >= 0.6 is 0 Å². The molecule has 2 fully saturated rings. The minimum absolute atomic E-state index is 0.246. The number of halogens is 2. The van der Waals surface area contributed by atoms with E-state index in [4.69, 9.17) is 0 Å². The highest BCUT2D eigenvalue weighted by Gasteiger charge is 2.49. The summed E-state index contributed by atoms with van der Waals surface area (Å²) in [5.41, 5.74) is -0.246. The van der Waals surface area contributed by atoms with Gasteiger partial charge in [0.15, 0.2) is 6.10 Å². The average molecular weight is 419 g/mol. The molecule has 0 aromatic heterocycles. The number of aliphatic hydroxyl groups excluding tert-OH is 1. The van der Waals surface area contributed by atoms with Gasteiger partial charge in [-0.3, -0.25) is 14.5 Å². The zero-order valence-corrected chi connectivity index (χ0v) is 16.9. The predicted octanol–water partition coefficient (Wildman–Crippen LogP) is 1.72. The Balaban J connectivity index is 2.14. The molecule has 3 amide bonds. The van der Waals surface area contributed by atoms with Crippen LogP contribution in [0.4, 0.5) is 13.6 Å². The molecule has 2 rings (SSSR count). The largest absolute Gasteiger partial charge is 0.465 e. The van der Waals surface area contributed by atoms with Crippen molar-refractivity contribution in [1.82, 2.24) is 15.5 Å². The molecule has 1 aliphatic carbocycles. The lowest BCUT2D eigenvalue weighted by Crippen LogP contribution is -2.54. The molecule has 0 aromatic carbocycles. The Morgan fingerprint density at radius 1 is 1.24 bits per heavy atom. The lowest BCUT2D eigenvalue weighted by Gasteiger charge is -2.32. The Labute approximate surface area is 169 Å². The molecule has 10 heteroatoms. The molecule has 1 heterocycles. The maximum atomic E-state index is 13.3. The molecule has 1 saturated heterocycles. The van der Waals surface area contributed by atoms with Crippen LogP contribution in [0.3, 0.4) is 0 Å². The molecule has 29 heavy (non-hydrogen) atoms. The van der Waals surface area contributed by atoms with E-state index in [0.717, 1.165) is 37.0 Å². The highest BCUT2D eigenvalue weighted by molar-refractivity contribution is 5.87. The number of rotatable bonds is 7. The topological polar surface area (TPSA) is 119 Å².